The standard InChI is InChI=1S/C83H162O17P2/c1-9-74(6)60-52-44-36-30-26-22-18-14-12-13-15-19-24-28-32-39-49-57-65-82(87)99-78(69-93-80(85)63-55-47-38-31-27-23-20-16-17-21-25-29-35-43-51-59-73(4)5)71-97-101(89,90)95-67-77(84)68-96-102(91,92)98-72-79(70-94-81(86)64-56-48-42-41-46-54-62-76(8)11-3)100-83(88)66-58-50-40-34-33-37-45-53-61-75(7)10-2/h73-79,84H,9-72H2,1-8H3,(H,89,90)(H,91,92)/t74?,75?,76?,77-,78-,79-/m1/s1. The molecular weight excluding hydrogens is 1330 g/mol. The topological polar surface area (TPSA) is 237 Å². The molecule has 8 atom stereocenters. The first-order valence-electron chi connectivity index (χ1n) is 42.8. The first-order chi connectivity index (χ1) is 49.2. The van der Waals surface area contributed by atoms with E-state index in [2.05, 4.69) is 55.4 Å². The van der Waals surface area contributed by atoms with E-state index in [0.29, 0.717) is 25.7 Å². The van der Waals surface area contributed by atoms with E-state index in [4.69, 9.17) is 37.0 Å². The summed E-state index contributed by atoms with van der Waals surface area (Å²) < 4.78 is 68.7. The Bertz CT molecular complexity index is 1990. The summed E-state index contributed by atoms with van der Waals surface area (Å²) in [5.41, 5.74) is 0. The Balaban J connectivity index is 5.22. The molecule has 0 amide bonds. The van der Waals surface area contributed by atoms with Crippen LogP contribution in [0.15, 0.2) is 0 Å². The van der Waals surface area contributed by atoms with Crippen LogP contribution in [0.1, 0.15) is 428 Å². The molecule has 102 heavy (non-hydrogen) atoms. The van der Waals surface area contributed by atoms with Gasteiger partial charge in [-0.2, -0.15) is 0 Å². The summed E-state index contributed by atoms with van der Waals surface area (Å²) in [6.07, 6.45) is 59.7. The normalized spacial score (nSPS) is 14.8. The maximum absolute atomic E-state index is 13.1. The smallest absolute Gasteiger partial charge is 0.462 e. The molecule has 17 nitrogen and oxygen atoms in total. The number of phosphoric acid groups is 2. The fourth-order valence-corrected chi connectivity index (χ4v) is 14.3. The summed E-state index contributed by atoms with van der Waals surface area (Å²) in [6, 6.07) is 0. The van der Waals surface area contributed by atoms with E-state index >= 15 is 0 Å². The zero-order chi connectivity index (χ0) is 75.3. The van der Waals surface area contributed by atoms with Crippen molar-refractivity contribution in [1.29, 1.82) is 0 Å². The fraction of sp³-hybridized carbons (Fsp3) is 0.952. The largest absolute Gasteiger partial charge is 0.472 e. The minimum Gasteiger partial charge on any atom is -0.462 e. The third-order valence-corrected chi connectivity index (χ3v) is 22.3. The van der Waals surface area contributed by atoms with Gasteiger partial charge in [-0.15, -0.1) is 0 Å². The van der Waals surface area contributed by atoms with Gasteiger partial charge in [0, 0.05) is 25.7 Å². The second-order valence-corrected chi connectivity index (χ2v) is 34.0. The maximum Gasteiger partial charge on any atom is 0.472 e. The number of carbonyl (C=O) groups is 4. The van der Waals surface area contributed by atoms with Gasteiger partial charge in [0.05, 0.1) is 26.4 Å². The first kappa shape index (κ1) is 100. The minimum absolute atomic E-state index is 0.104. The van der Waals surface area contributed by atoms with Crippen molar-refractivity contribution in [3.63, 3.8) is 0 Å². The highest BCUT2D eigenvalue weighted by molar-refractivity contribution is 7.47. The van der Waals surface area contributed by atoms with Crippen molar-refractivity contribution < 1.29 is 80.2 Å². The molecule has 0 aromatic carbocycles. The zero-order valence-corrected chi connectivity index (χ0v) is 69.0. The quantitative estimate of drug-likeness (QED) is 0.0222. The summed E-state index contributed by atoms with van der Waals surface area (Å²) in [7, 11) is -9.92. The monoisotopic (exact) mass is 1490 g/mol. The number of unbranched alkanes of at least 4 members (excludes halogenated alkanes) is 43. The van der Waals surface area contributed by atoms with Crippen LogP contribution in [0, 0.1) is 23.7 Å². The van der Waals surface area contributed by atoms with Crippen LogP contribution in [0.2, 0.25) is 0 Å². The molecule has 0 saturated carbocycles. The van der Waals surface area contributed by atoms with Crippen LogP contribution in [-0.4, -0.2) is 96.7 Å². The lowest BCUT2D eigenvalue weighted by Crippen LogP contribution is -2.30. The fourth-order valence-electron chi connectivity index (χ4n) is 12.7. The van der Waals surface area contributed by atoms with Crippen LogP contribution in [0.25, 0.3) is 0 Å². The van der Waals surface area contributed by atoms with E-state index in [1.807, 2.05) is 0 Å². The number of hydrogen-bond acceptors (Lipinski definition) is 15. The Morgan fingerprint density at radius 1 is 0.275 bits per heavy atom. The Morgan fingerprint density at radius 3 is 0.696 bits per heavy atom. The van der Waals surface area contributed by atoms with E-state index in [-0.39, 0.29) is 25.7 Å². The van der Waals surface area contributed by atoms with Gasteiger partial charge >= 0.3 is 39.5 Å². The number of esters is 4. The van der Waals surface area contributed by atoms with Crippen molar-refractivity contribution in [3.05, 3.63) is 0 Å². The van der Waals surface area contributed by atoms with Gasteiger partial charge in [-0.3, -0.25) is 37.3 Å². The summed E-state index contributed by atoms with van der Waals surface area (Å²) >= 11 is 0. The van der Waals surface area contributed by atoms with Crippen molar-refractivity contribution in [1.82, 2.24) is 0 Å². The number of phosphoric ester groups is 2. The molecule has 0 aliphatic heterocycles. The van der Waals surface area contributed by atoms with Gasteiger partial charge in [-0.25, -0.2) is 9.13 Å². The van der Waals surface area contributed by atoms with Crippen LogP contribution in [0.3, 0.4) is 0 Å². The Hall–Kier alpha value is -1.94. The highest BCUT2D eigenvalue weighted by atomic mass is 31.2. The summed E-state index contributed by atoms with van der Waals surface area (Å²) in [4.78, 5) is 73.1. The summed E-state index contributed by atoms with van der Waals surface area (Å²) in [5, 5.41) is 10.6. The molecule has 0 rings (SSSR count). The summed E-state index contributed by atoms with van der Waals surface area (Å²) in [5.74, 6) is 1.06. The molecule has 0 saturated heterocycles. The van der Waals surface area contributed by atoms with E-state index in [1.54, 1.807) is 0 Å². The Labute approximate surface area is 626 Å². The Morgan fingerprint density at radius 2 is 0.471 bits per heavy atom. The average Bonchev–Trinajstić information content (AvgIpc) is 0.905. The summed E-state index contributed by atoms with van der Waals surface area (Å²) in [6.45, 7) is 14.3. The highest BCUT2D eigenvalue weighted by Crippen LogP contribution is 2.45. The lowest BCUT2D eigenvalue weighted by molar-refractivity contribution is -0.161. The van der Waals surface area contributed by atoms with Crippen molar-refractivity contribution in [2.45, 2.75) is 446 Å². The predicted molar refractivity (Wildman–Crippen MR) is 418 cm³/mol. The molecular formula is C83H162O17P2. The molecule has 0 heterocycles. The van der Waals surface area contributed by atoms with Crippen LogP contribution in [0.5, 0.6) is 0 Å². The molecule has 0 aliphatic rings. The number of rotatable bonds is 80. The van der Waals surface area contributed by atoms with Crippen molar-refractivity contribution >= 4 is 39.5 Å². The number of hydrogen-bond donors (Lipinski definition) is 3. The van der Waals surface area contributed by atoms with Crippen molar-refractivity contribution in [3.8, 4) is 0 Å². The van der Waals surface area contributed by atoms with Crippen LogP contribution in [0.4, 0.5) is 0 Å². The van der Waals surface area contributed by atoms with Gasteiger partial charge in [0.2, 0.25) is 0 Å². The average molecular weight is 1490 g/mol. The highest BCUT2D eigenvalue weighted by Gasteiger charge is 2.30. The number of aliphatic hydroxyl groups is 1. The number of carbonyl (C=O) groups excluding carboxylic acids is 4. The van der Waals surface area contributed by atoms with Crippen LogP contribution < -0.4 is 0 Å². The molecule has 0 spiro atoms. The van der Waals surface area contributed by atoms with Crippen molar-refractivity contribution in [2.24, 2.45) is 23.7 Å². The molecule has 606 valence electrons. The van der Waals surface area contributed by atoms with E-state index < -0.39 is 97.5 Å². The van der Waals surface area contributed by atoms with Gasteiger partial charge in [0.25, 0.3) is 0 Å². The molecule has 0 bridgehead atoms. The van der Waals surface area contributed by atoms with Crippen molar-refractivity contribution in [2.75, 3.05) is 39.6 Å². The Kier molecular flexibility index (Phi) is 70.6. The van der Waals surface area contributed by atoms with Gasteiger partial charge in [0.1, 0.15) is 19.3 Å². The lowest BCUT2D eigenvalue weighted by Gasteiger charge is -2.21. The maximum atomic E-state index is 13.1. The predicted octanol–water partition coefficient (Wildman–Crippen LogP) is 24.8. The number of aliphatic hydroxyl groups excluding tert-OH is 1. The second kappa shape index (κ2) is 72.0. The van der Waals surface area contributed by atoms with Gasteiger partial charge < -0.3 is 33.8 Å². The third-order valence-electron chi connectivity index (χ3n) is 20.4. The van der Waals surface area contributed by atoms with E-state index in [0.717, 1.165) is 120 Å². The van der Waals surface area contributed by atoms with E-state index in [9.17, 15) is 43.2 Å². The van der Waals surface area contributed by atoms with Crippen LogP contribution >= 0.6 is 15.6 Å². The number of ether oxygens (including phenoxy) is 4. The zero-order valence-electron chi connectivity index (χ0n) is 67.2. The lowest BCUT2D eigenvalue weighted by atomic mass is 9.99. The molecule has 0 fully saturated rings. The third kappa shape index (κ3) is 72.3. The minimum atomic E-state index is -4.96. The molecule has 0 aromatic rings. The molecule has 3 N–H and O–H groups in total. The second-order valence-electron chi connectivity index (χ2n) is 31.1. The van der Waals surface area contributed by atoms with Crippen LogP contribution in [-0.2, 0) is 65.4 Å². The molecule has 0 aromatic heterocycles. The van der Waals surface area contributed by atoms with E-state index in [1.165, 1.54) is 225 Å². The van der Waals surface area contributed by atoms with Gasteiger partial charge in [-0.05, 0) is 49.4 Å². The molecule has 0 radical (unpaired) electrons. The SMILES string of the molecule is CCC(C)CCCCCCCCCCCCCCCCCCCCC(=O)O[C@H](COC(=O)CCCCCCCCCCCCCCCCCC(C)C)COP(=O)(O)OC[C@@H](O)COP(=O)(O)OC[C@@H](COC(=O)CCCCCCCCC(C)CC)OC(=O)CCCCCCCCCCC(C)CC. The van der Waals surface area contributed by atoms with Gasteiger partial charge in [-0.1, -0.05) is 376 Å². The molecule has 0 aliphatic carbocycles. The molecule has 5 unspecified atom stereocenters. The van der Waals surface area contributed by atoms with Gasteiger partial charge in [0.15, 0.2) is 12.2 Å². The molecule has 19 heteroatoms. The first-order valence-corrected chi connectivity index (χ1v) is 45.8.